The lowest BCUT2D eigenvalue weighted by molar-refractivity contribution is 0.315. The second-order valence-electron chi connectivity index (χ2n) is 7.82. The Bertz CT molecular complexity index is 734. The van der Waals surface area contributed by atoms with Crippen molar-refractivity contribution in [2.75, 3.05) is 26.4 Å². The van der Waals surface area contributed by atoms with Gasteiger partial charge < -0.3 is 10.6 Å². The van der Waals surface area contributed by atoms with Crippen LogP contribution >= 0.6 is 24.0 Å². The van der Waals surface area contributed by atoms with Crippen molar-refractivity contribution in [3.05, 3.63) is 29.8 Å². The van der Waals surface area contributed by atoms with E-state index in [1.807, 2.05) is 12.1 Å². The van der Waals surface area contributed by atoms with Crippen LogP contribution in [0.4, 0.5) is 0 Å². The molecule has 2 saturated carbocycles. The van der Waals surface area contributed by atoms with Crippen LogP contribution in [0, 0.1) is 17.8 Å². The number of nitrogens with zero attached hydrogens (tertiary/aromatic N) is 1. The van der Waals surface area contributed by atoms with Crippen molar-refractivity contribution in [3.63, 3.8) is 0 Å². The molecule has 0 aromatic heterocycles. The van der Waals surface area contributed by atoms with Gasteiger partial charge in [-0.2, -0.15) is 0 Å². The molecule has 27 heavy (non-hydrogen) atoms. The minimum atomic E-state index is -3.12. The van der Waals surface area contributed by atoms with Gasteiger partial charge >= 0.3 is 0 Å². The van der Waals surface area contributed by atoms with E-state index in [0.29, 0.717) is 4.90 Å². The van der Waals surface area contributed by atoms with Gasteiger partial charge in [0.2, 0.25) is 0 Å². The number of halogens is 1. The number of hydrogen-bond acceptors (Lipinski definition) is 3. The summed E-state index contributed by atoms with van der Waals surface area (Å²) in [5, 5.41) is 6.77. The van der Waals surface area contributed by atoms with Crippen molar-refractivity contribution in [3.8, 4) is 0 Å². The molecule has 2 bridgehead atoms. The molecular weight excluding hydrogens is 473 g/mol. The number of nitrogens with one attached hydrogen (secondary N) is 2. The predicted octanol–water partition coefficient (Wildman–Crippen LogP) is 3.24. The fraction of sp³-hybridized carbons (Fsp3) is 0.650. The van der Waals surface area contributed by atoms with Crippen LogP contribution in [0.15, 0.2) is 34.2 Å². The van der Waals surface area contributed by atoms with Crippen LogP contribution < -0.4 is 10.6 Å². The lowest BCUT2D eigenvalue weighted by Crippen LogP contribution is -2.39. The van der Waals surface area contributed by atoms with Crippen LogP contribution in [-0.2, 0) is 16.3 Å². The minimum Gasteiger partial charge on any atom is -0.356 e. The maximum Gasteiger partial charge on any atom is 0.190 e. The molecule has 0 spiro atoms. The van der Waals surface area contributed by atoms with E-state index in [0.717, 1.165) is 48.8 Å². The van der Waals surface area contributed by atoms with Gasteiger partial charge in [0.05, 0.1) is 4.90 Å². The molecule has 1 aromatic carbocycles. The summed E-state index contributed by atoms with van der Waals surface area (Å²) >= 11 is 0. The maximum atomic E-state index is 11.5. The second-order valence-corrected chi connectivity index (χ2v) is 9.83. The van der Waals surface area contributed by atoms with Gasteiger partial charge in [0.15, 0.2) is 15.8 Å². The zero-order chi connectivity index (χ0) is 18.6. The normalized spacial score (nSPS) is 24.5. The third-order valence-corrected chi connectivity index (χ3v) is 7.10. The Morgan fingerprint density at radius 3 is 2.37 bits per heavy atom. The van der Waals surface area contributed by atoms with E-state index < -0.39 is 9.84 Å². The Kier molecular flexibility index (Phi) is 8.39. The number of fused-ring (bicyclic) bond motifs is 2. The molecule has 2 aliphatic rings. The molecular formula is C20H32IN3O2S. The Labute approximate surface area is 180 Å². The standard InChI is InChI=1S/C20H31N3O2S.HI/c1-21-20(23-12-10-18-14-16-3-6-17(18)13-16)22-11-9-15-4-7-19(8-5-15)26(2,24)25;/h4-5,7-8,16-18H,3,6,9-14H2,1-2H3,(H2,21,22,23);1H. The summed E-state index contributed by atoms with van der Waals surface area (Å²) in [4.78, 5) is 4.66. The number of benzene rings is 1. The van der Waals surface area contributed by atoms with E-state index in [-0.39, 0.29) is 24.0 Å². The molecule has 1 aromatic rings. The first kappa shape index (κ1) is 22.5. The van der Waals surface area contributed by atoms with Gasteiger partial charge in [0, 0.05) is 26.4 Å². The highest BCUT2D eigenvalue weighted by atomic mass is 127. The summed E-state index contributed by atoms with van der Waals surface area (Å²) in [6.07, 6.45) is 9.11. The van der Waals surface area contributed by atoms with E-state index in [1.165, 1.54) is 38.4 Å². The molecule has 2 aliphatic carbocycles. The molecule has 0 aliphatic heterocycles. The monoisotopic (exact) mass is 505 g/mol. The van der Waals surface area contributed by atoms with Gasteiger partial charge in [0.1, 0.15) is 0 Å². The van der Waals surface area contributed by atoms with Gasteiger partial charge in [-0.3, -0.25) is 4.99 Å². The smallest absolute Gasteiger partial charge is 0.190 e. The van der Waals surface area contributed by atoms with Crippen molar-refractivity contribution in [2.24, 2.45) is 22.7 Å². The quantitative estimate of drug-likeness (QED) is 0.339. The summed E-state index contributed by atoms with van der Waals surface area (Å²) < 4.78 is 23.0. The van der Waals surface area contributed by atoms with Crippen LogP contribution in [0.1, 0.15) is 37.7 Å². The van der Waals surface area contributed by atoms with E-state index >= 15 is 0 Å². The second kappa shape index (κ2) is 10.1. The molecule has 0 amide bonds. The number of guanidine groups is 1. The number of rotatable bonds is 7. The van der Waals surface area contributed by atoms with Gasteiger partial charge in [0.25, 0.3) is 0 Å². The lowest BCUT2D eigenvalue weighted by Gasteiger charge is -2.22. The molecule has 0 radical (unpaired) electrons. The third-order valence-electron chi connectivity index (χ3n) is 5.97. The largest absolute Gasteiger partial charge is 0.356 e. The van der Waals surface area contributed by atoms with E-state index in [4.69, 9.17) is 0 Å². The van der Waals surface area contributed by atoms with E-state index in [2.05, 4.69) is 15.6 Å². The highest BCUT2D eigenvalue weighted by molar-refractivity contribution is 14.0. The number of aliphatic imine (C=N–C) groups is 1. The van der Waals surface area contributed by atoms with Gasteiger partial charge in [-0.15, -0.1) is 24.0 Å². The van der Waals surface area contributed by atoms with Crippen molar-refractivity contribution in [1.29, 1.82) is 0 Å². The maximum absolute atomic E-state index is 11.5. The van der Waals surface area contributed by atoms with Crippen LogP contribution in [0.25, 0.3) is 0 Å². The van der Waals surface area contributed by atoms with Gasteiger partial charge in [-0.1, -0.05) is 18.6 Å². The molecule has 152 valence electrons. The van der Waals surface area contributed by atoms with E-state index in [1.54, 1.807) is 19.2 Å². The van der Waals surface area contributed by atoms with Crippen molar-refractivity contribution >= 4 is 39.8 Å². The fourth-order valence-electron chi connectivity index (χ4n) is 4.56. The topological polar surface area (TPSA) is 70.6 Å². The van der Waals surface area contributed by atoms with Gasteiger partial charge in [-0.25, -0.2) is 8.42 Å². The summed E-state index contributed by atoms with van der Waals surface area (Å²) in [5.74, 6) is 3.75. The third kappa shape index (κ3) is 6.34. The molecule has 0 heterocycles. The highest BCUT2D eigenvalue weighted by Gasteiger charge is 2.38. The molecule has 0 saturated heterocycles. The SMILES string of the molecule is CN=C(NCCc1ccc(S(C)(=O)=O)cc1)NCCC1CC2CCC1C2.I. The molecule has 3 rings (SSSR count). The lowest BCUT2D eigenvalue weighted by atomic mass is 9.86. The van der Waals surface area contributed by atoms with Crippen LogP contribution in [0.3, 0.4) is 0 Å². The van der Waals surface area contributed by atoms with Crippen molar-refractivity contribution in [1.82, 2.24) is 10.6 Å². The summed E-state index contributed by atoms with van der Waals surface area (Å²) in [5.41, 5.74) is 1.11. The average molecular weight is 505 g/mol. The van der Waals surface area contributed by atoms with Crippen LogP contribution in [0.2, 0.25) is 0 Å². The summed E-state index contributed by atoms with van der Waals surface area (Å²) in [7, 11) is -1.32. The first-order valence-corrected chi connectivity index (χ1v) is 11.6. The first-order valence-electron chi connectivity index (χ1n) is 9.69. The van der Waals surface area contributed by atoms with Crippen LogP contribution in [0.5, 0.6) is 0 Å². The average Bonchev–Trinajstić information content (AvgIpc) is 3.23. The molecule has 3 atom stereocenters. The van der Waals surface area contributed by atoms with Gasteiger partial charge in [-0.05, 0) is 67.6 Å². The number of sulfone groups is 1. The van der Waals surface area contributed by atoms with E-state index in [9.17, 15) is 8.42 Å². The highest BCUT2D eigenvalue weighted by Crippen LogP contribution is 2.49. The summed E-state index contributed by atoms with van der Waals surface area (Å²) in [6.45, 7) is 1.75. The first-order chi connectivity index (χ1) is 12.5. The van der Waals surface area contributed by atoms with Crippen molar-refractivity contribution in [2.45, 2.75) is 43.4 Å². The fourth-order valence-corrected chi connectivity index (χ4v) is 5.19. The molecule has 3 unspecified atom stereocenters. The zero-order valence-electron chi connectivity index (χ0n) is 16.3. The Balaban J connectivity index is 0.00000261. The number of hydrogen-bond donors (Lipinski definition) is 2. The molecule has 2 N–H and O–H groups in total. The Morgan fingerprint density at radius 1 is 1.11 bits per heavy atom. The Hall–Kier alpha value is -0.830. The molecule has 5 nitrogen and oxygen atoms in total. The summed E-state index contributed by atoms with van der Waals surface area (Å²) in [6, 6.07) is 7.10. The van der Waals surface area contributed by atoms with Crippen LogP contribution in [-0.4, -0.2) is 40.8 Å². The zero-order valence-corrected chi connectivity index (χ0v) is 19.4. The minimum absolute atomic E-state index is 0. The molecule has 2 fully saturated rings. The molecule has 7 heteroatoms. The van der Waals surface area contributed by atoms with Crippen molar-refractivity contribution < 1.29 is 8.42 Å². The predicted molar refractivity (Wildman–Crippen MR) is 122 cm³/mol. The Morgan fingerprint density at radius 2 is 1.81 bits per heavy atom.